The molecule has 1 aliphatic rings. The van der Waals surface area contributed by atoms with E-state index in [1.807, 2.05) is 7.05 Å². The summed E-state index contributed by atoms with van der Waals surface area (Å²) in [5, 5.41) is 3.37. The van der Waals surface area contributed by atoms with Crippen molar-refractivity contribution in [3.8, 4) is 0 Å². The van der Waals surface area contributed by atoms with Crippen molar-refractivity contribution in [3.05, 3.63) is 28.8 Å². The maximum atomic E-state index is 12.4. The Balaban J connectivity index is 2.12. The van der Waals surface area contributed by atoms with Crippen molar-refractivity contribution in [1.82, 2.24) is 10.2 Å². The van der Waals surface area contributed by atoms with Crippen LogP contribution in [-0.4, -0.2) is 58.2 Å². The van der Waals surface area contributed by atoms with Crippen LogP contribution in [0.25, 0.3) is 0 Å². The SMILES string of the molecule is Cc1ccc(Cl)cc1N(CC(=O)NC1CCN(C)CC1)S(C)(=O)=O. The van der Waals surface area contributed by atoms with E-state index in [9.17, 15) is 13.2 Å². The molecule has 1 heterocycles. The molecule has 1 amide bonds. The number of amides is 1. The molecule has 1 aromatic carbocycles. The first-order valence-electron chi connectivity index (χ1n) is 7.88. The van der Waals surface area contributed by atoms with Crippen LogP contribution in [0.4, 0.5) is 5.69 Å². The molecule has 1 aliphatic heterocycles. The minimum Gasteiger partial charge on any atom is -0.352 e. The van der Waals surface area contributed by atoms with Crippen LogP contribution in [0, 0.1) is 6.92 Å². The van der Waals surface area contributed by atoms with Crippen molar-refractivity contribution in [2.24, 2.45) is 0 Å². The second-order valence-corrected chi connectivity index (χ2v) is 8.69. The predicted molar refractivity (Wildman–Crippen MR) is 97.0 cm³/mol. The van der Waals surface area contributed by atoms with Gasteiger partial charge in [-0.3, -0.25) is 9.10 Å². The van der Waals surface area contributed by atoms with Gasteiger partial charge in [-0.05, 0) is 57.6 Å². The van der Waals surface area contributed by atoms with Crippen molar-refractivity contribution in [2.75, 3.05) is 37.2 Å². The quantitative estimate of drug-likeness (QED) is 0.851. The number of nitrogens with one attached hydrogen (secondary N) is 1. The lowest BCUT2D eigenvalue weighted by Crippen LogP contribution is -2.47. The van der Waals surface area contributed by atoms with Gasteiger partial charge in [-0.15, -0.1) is 0 Å². The van der Waals surface area contributed by atoms with Gasteiger partial charge in [-0.25, -0.2) is 8.42 Å². The summed E-state index contributed by atoms with van der Waals surface area (Å²) >= 11 is 5.99. The molecule has 0 bridgehead atoms. The largest absolute Gasteiger partial charge is 0.352 e. The highest BCUT2D eigenvalue weighted by Gasteiger charge is 2.25. The van der Waals surface area contributed by atoms with Crippen molar-refractivity contribution >= 4 is 33.2 Å². The maximum Gasteiger partial charge on any atom is 0.240 e. The minimum absolute atomic E-state index is 0.0931. The molecule has 0 unspecified atom stereocenters. The molecule has 2 rings (SSSR count). The molecule has 1 N–H and O–H groups in total. The first-order chi connectivity index (χ1) is 11.2. The Morgan fingerprint density at radius 1 is 1.38 bits per heavy atom. The van der Waals surface area contributed by atoms with Gasteiger partial charge in [0.1, 0.15) is 6.54 Å². The van der Waals surface area contributed by atoms with E-state index in [4.69, 9.17) is 11.6 Å². The molecule has 1 saturated heterocycles. The third-order valence-electron chi connectivity index (χ3n) is 4.21. The van der Waals surface area contributed by atoms with Gasteiger partial charge in [-0.2, -0.15) is 0 Å². The number of anilines is 1. The van der Waals surface area contributed by atoms with E-state index < -0.39 is 10.0 Å². The first kappa shape index (κ1) is 19.0. The minimum atomic E-state index is -3.60. The van der Waals surface area contributed by atoms with Crippen LogP contribution < -0.4 is 9.62 Å². The Bertz CT molecular complexity index is 701. The van der Waals surface area contributed by atoms with Gasteiger partial charge in [0, 0.05) is 11.1 Å². The van der Waals surface area contributed by atoms with Crippen molar-refractivity contribution < 1.29 is 13.2 Å². The Hall–Kier alpha value is -1.31. The zero-order valence-corrected chi connectivity index (χ0v) is 15.8. The van der Waals surface area contributed by atoms with Crippen molar-refractivity contribution in [2.45, 2.75) is 25.8 Å². The van der Waals surface area contributed by atoms with Gasteiger partial charge < -0.3 is 10.2 Å². The van der Waals surface area contributed by atoms with Crippen molar-refractivity contribution in [3.63, 3.8) is 0 Å². The number of likely N-dealkylation sites (tertiary alicyclic amines) is 1. The summed E-state index contributed by atoms with van der Waals surface area (Å²) in [7, 11) is -1.55. The van der Waals surface area contributed by atoms with Crippen LogP contribution in [0.5, 0.6) is 0 Å². The third-order valence-corrected chi connectivity index (χ3v) is 5.57. The highest BCUT2D eigenvalue weighted by molar-refractivity contribution is 7.92. The summed E-state index contributed by atoms with van der Waals surface area (Å²) in [6, 6.07) is 5.10. The van der Waals surface area contributed by atoms with E-state index in [0.29, 0.717) is 10.7 Å². The van der Waals surface area contributed by atoms with E-state index in [2.05, 4.69) is 10.2 Å². The number of hydrogen-bond donors (Lipinski definition) is 1. The fraction of sp³-hybridized carbons (Fsp3) is 0.562. The van der Waals surface area contributed by atoms with Gasteiger partial charge in [0.25, 0.3) is 0 Å². The molecule has 8 heteroatoms. The second-order valence-electron chi connectivity index (χ2n) is 6.35. The lowest BCUT2D eigenvalue weighted by atomic mass is 10.1. The lowest BCUT2D eigenvalue weighted by molar-refractivity contribution is -0.120. The smallest absolute Gasteiger partial charge is 0.240 e. The molecule has 0 radical (unpaired) electrons. The van der Waals surface area contributed by atoms with E-state index in [1.165, 1.54) is 0 Å². The number of carbonyl (C=O) groups excluding carboxylic acids is 1. The Kier molecular flexibility index (Phi) is 6.11. The number of nitrogens with zero attached hydrogens (tertiary/aromatic N) is 2. The summed E-state index contributed by atoms with van der Waals surface area (Å²) in [6.45, 7) is 3.40. The van der Waals surface area contributed by atoms with Crippen LogP contribution in [0.2, 0.25) is 5.02 Å². The molecule has 6 nitrogen and oxygen atoms in total. The van der Waals surface area contributed by atoms with Gasteiger partial charge in [0.2, 0.25) is 15.9 Å². The van der Waals surface area contributed by atoms with Crippen molar-refractivity contribution in [1.29, 1.82) is 0 Å². The van der Waals surface area contributed by atoms with Crippen LogP contribution in [-0.2, 0) is 14.8 Å². The molecule has 134 valence electrons. The predicted octanol–water partition coefficient (Wildman–Crippen LogP) is 1.62. The average molecular weight is 374 g/mol. The summed E-state index contributed by atoms with van der Waals surface area (Å²) < 4.78 is 25.4. The normalized spacial score (nSPS) is 16.8. The van der Waals surface area contributed by atoms with Crippen LogP contribution in [0.15, 0.2) is 18.2 Å². The molecule has 0 aliphatic carbocycles. The molecular formula is C16H24ClN3O3S. The monoisotopic (exact) mass is 373 g/mol. The third kappa shape index (κ3) is 5.09. The van der Waals surface area contributed by atoms with E-state index in [-0.39, 0.29) is 18.5 Å². The number of benzene rings is 1. The number of aryl methyl sites for hydroxylation is 1. The maximum absolute atomic E-state index is 12.4. The number of sulfonamides is 1. The number of carbonyl (C=O) groups is 1. The van der Waals surface area contributed by atoms with E-state index in [0.717, 1.165) is 42.1 Å². The molecule has 0 aromatic heterocycles. The second kappa shape index (κ2) is 7.72. The zero-order chi connectivity index (χ0) is 17.9. The highest BCUT2D eigenvalue weighted by Crippen LogP contribution is 2.26. The summed E-state index contributed by atoms with van der Waals surface area (Å²) in [5.41, 5.74) is 1.18. The van der Waals surface area contributed by atoms with Gasteiger partial charge in [-0.1, -0.05) is 17.7 Å². The van der Waals surface area contributed by atoms with Gasteiger partial charge in [0.05, 0.1) is 11.9 Å². The fourth-order valence-corrected chi connectivity index (χ4v) is 3.86. The molecule has 1 aromatic rings. The average Bonchev–Trinajstić information content (AvgIpc) is 2.49. The fourth-order valence-electron chi connectivity index (χ4n) is 2.79. The number of hydrogen-bond acceptors (Lipinski definition) is 4. The Morgan fingerprint density at radius 2 is 2.00 bits per heavy atom. The summed E-state index contributed by atoms with van der Waals surface area (Å²) in [5.74, 6) is -0.297. The summed E-state index contributed by atoms with van der Waals surface area (Å²) in [6.07, 6.45) is 2.84. The zero-order valence-electron chi connectivity index (χ0n) is 14.3. The topological polar surface area (TPSA) is 69.7 Å². The van der Waals surface area contributed by atoms with Gasteiger partial charge >= 0.3 is 0 Å². The molecule has 24 heavy (non-hydrogen) atoms. The van der Waals surface area contributed by atoms with E-state index >= 15 is 0 Å². The lowest BCUT2D eigenvalue weighted by Gasteiger charge is -2.30. The Morgan fingerprint density at radius 3 is 2.58 bits per heavy atom. The number of halogens is 1. The molecular weight excluding hydrogens is 350 g/mol. The van der Waals surface area contributed by atoms with Crippen LogP contribution >= 0.6 is 11.6 Å². The molecule has 0 spiro atoms. The first-order valence-corrected chi connectivity index (χ1v) is 10.1. The Labute approximate surface area is 148 Å². The number of rotatable bonds is 5. The molecule has 0 saturated carbocycles. The number of piperidine rings is 1. The molecule has 1 fully saturated rings. The summed E-state index contributed by atoms with van der Waals surface area (Å²) in [4.78, 5) is 14.6. The highest BCUT2D eigenvalue weighted by atomic mass is 35.5. The van der Waals surface area contributed by atoms with Gasteiger partial charge in [0.15, 0.2) is 0 Å². The standard InChI is InChI=1S/C16H24ClN3O3S/c1-12-4-5-13(17)10-15(12)20(24(3,22)23)11-16(21)18-14-6-8-19(2)9-7-14/h4-5,10,14H,6-9,11H2,1-3H3,(H,18,21). The van der Waals surface area contributed by atoms with E-state index in [1.54, 1.807) is 25.1 Å². The van der Waals surface area contributed by atoms with Crippen LogP contribution in [0.1, 0.15) is 18.4 Å². The molecule has 0 atom stereocenters. The van der Waals surface area contributed by atoms with Crippen LogP contribution in [0.3, 0.4) is 0 Å².